The van der Waals surface area contributed by atoms with Gasteiger partial charge in [0.2, 0.25) is 0 Å². The summed E-state index contributed by atoms with van der Waals surface area (Å²) in [5.41, 5.74) is 2.19. The van der Waals surface area contributed by atoms with Gasteiger partial charge in [-0.25, -0.2) is 0 Å². The molecule has 0 aliphatic heterocycles. The molecule has 0 unspecified atom stereocenters. The molecule has 0 spiro atoms. The van der Waals surface area contributed by atoms with Crippen LogP contribution >= 0.6 is 7.37 Å². The van der Waals surface area contributed by atoms with E-state index in [4.69, 9.17) is 4.52 Å². The van der Waals surface area contributed by atoms with Gasteiger partial charge in [0.15, 0.2) is 0 Å². The number of hydrogen-bond donors (Lipinski definition) is 0. The average molecular weight is 288 g/mol. The second-order valence-electron chi connectivity index (χ2n) is 5.06. The van der Waals surface area contributed by atoms with Crippen molar-refractivity contribution >= 4 is 18.0 Å². The Morgan fingerprint density at radius 1 is 0.950 bits per heavy atom. The topological polar surface area (TPSA) is 26.3 Å². The fourth-order valence-electron chi connectivity index (χ4n) is 2.14. The van der Waals surface area contributed by atoms with E-state index < -0.39 is 7.37 Å². The standard InChI is InChI=1S/C17H21O2P/c1-4-11-19-20(18,16-9-5-7-14(2)12-16)17-10-6-8-15(3)13-17/h5-10,12-13H,4,11H2,1-3H3. The molecule has 0 heterocycles. The molecule has 3 heteroatoms. The predicted octanol–water partition coefficient (Wildman–Crippen LogP) is 3.96. The normalized spacial score (nSPS) is 11.6. The Bertz CT molecular complexity index is 585. The summed E-state index contributed by atoms with van der Waals surface area (Å²) in [6.07, 6.45) is 0.849. The van der Waals surface area contributed by atoms with Crippen molar-refractivity contribution in [2.75, 3.05) is 6.61 Å². The second-order valence-corrected chi connectivity index (χ2v) is 7.46. The van der Waals surface area contributed by atoms with Crippen LogP contribution in [-0.4, -0.2) is 6.61 Å². The van der Waals surface area contributed by atoms with Crippen LogP contribution in [-0.2, 0) is 9.09 Å². The number of aryl methyl sites for hydroxylation is 2. The summed E-state index contributed by atoms with van der Waals surface area (Å²) in [7, 11) is -2.99. The van der Waals surface area contributed by atoms with Crippen molar-refractivity contribution in [3.05, 3.63) is 59.7 Å². The summed E-state index contributed by atoms with van der Waals surface area (Å²) in [5, 5.41) is 1.55. The largest absolute Gasteiger partial charge is 0.322 e. The van der Waals surface area contributed by atoms with Gasteiger partial charge in [-0.3, -0.25) is 4.57 Å². The van der Waals surface area contributed by atoms with E-state index in [0.717, 1.165) is 28.2 Å². The Hall–Kier alpha value is -1.37. The van der Waals surface area contributed by atoms with Gasteiger partial charge in [-0.1, -0.05) is 42.3 Å². The summed E-state index contributed by atoms with van der Waals surface area (Å²) < 4.78 is 19.3. The third kappa shape index (κ3) is 3.20. The van der Waals surface area contributed by atoms with Crippen LogP contribution in [0.25, 0.3) is 0 Å². The maximum absolute atomic E-state index is 13.5. The Morgan fingerprint density at radius 3 is 1.85 bits per heavy atom. The Labute approximate surface area is 121 Å². The Kier molecular flexibility index (Phi) is 4.80. The van der Waals surface area contributed by atoms with E-state index in [1.807, 2.05) is 69.3 Å². The molecule has 2 aromatic carbocycles. The molecule has 2 rings (SSSR count). The average Bonchev–Trinajstić information content (AvgIpc) is 2.45. The third-order valence-corrected chi connectivity index (χ3v) is 5.62. The van der Waals surface area contributed by atoms with E-state index in [2.05, 4.69) is 0 Å². The molecule has 0 atom stereocenters. The molecule has 20 heavy (non-hydrogen) atoms. The zero-order valence-electron chi connectivity index (χ0n) is 12.3. The maximum atomic E-state index is 13.5. The van der Waals surface area contributed by atoms with Gasteiger partial charge in [-0.2, -0.15) is 0 Å². The van der Waals surface area contributed by atoms with Gasteiger partial charge in [-0.05, 0) is 44.5 Å². The molecule has 0 aliphatic carbocycles. The highest BCUT2D eigenvalue weighted by molar-refractivity contribution is 7.74. The number of rotatable bonds is 5. The van der Waals surface area contributed by atoms with Crippen molar-refractivity contribution in [2.45, 2.75) is 27.2 Å². The number of hydrogen-bond acceptors (Lipinski definition) is 2. The maximum Gasteiger partial charge on any atom is 0.261 e. The van der Waals surface area contributed by atoms with Gasteiger partial charge in [0, 0.05) is 10.6 Å². The molecular formula is C17H21O2P. The van der Waals surface area contributed by atoms with Crippen LogP contribution in [0, 0.1) is 13.8 Å². The molecule has 0 saturated carbocycles. The lowest BCUT2D eigenvalue weighted by molar-refractivity contribution is 0.326. The Balaban J connectivity index is 2.53. The first-order valence-corrected chi connectivity index (χ1v) is 8.58. The molecule has 0 aliphatic rings. The molecule has 2 aromatic rings. The predicted molar refractivity (Wildman–Crippen MR) is 85.5 cm³/mol. The van der Waals surface area contributed by atoms with E-state index >= 15 is 0 Å². The zero-order valence-corrected chi connectivity index (χ0v) is 13.2. The molecule has 0 bridgehead atoms. The van der Waals surface area contributed by atoms with Crippen LogP contribution in [0.15, 0.2) is 48.5 Å². The van der Waals surface area contributed by atoms with Gasteiger partial charge >= 0.3 is 0 Å². The first-order valence-electron chi connectivity index (χ1n) is 6.95. The van der Waals surface area contributed by atoms with Crippen molar-refractivity contribution in [2.24, 2.45) is 0 Å². The SMILES string of the molecule is CCCOP(=O)(c1cccc(C)c1)c1cccc(C)c1. The lowest BCUT2D eigenvalue weighted by atomic mass is 10.2. The molecule has 0 fully saturated rings. The Morgan fingerprint density at radius 2 is 1.45 bits per heavy atom. The van der Waals surface area contributed by atoms with Gasteiger partial charge in [-0.15, -0.1) is 0 Å². The van der Waals surface area contributed by atoms with Crippen LogP contribution in [0.4, 0.5) is 0 Å². The van der Waals surface area contributed by atoms with Gasteiger partial charge in [0.05, 0.1) is 6.61 Å². The van der Waals surface area contributed by atoms with E-state index in [9.17, 15) is 4.57 Å². The first kappa shape index (κ1) is 15.0. The van der Waals surface area contributed by atoms with Crippen LogP contribution in [0.2, 0.25) is 0 Å². The lowest BCUT2D eigenvalue weighted by Gasteiger charge is -2.20. The second kappa shape index (κ2) is 6.39. The minimum Gasteiger partial charge on any atom is -0.322 e. The summed E-state index contributed by atoms with van der Waals surface area (Å²) in [4.78, 5) is 0. The monoisotopic (exact) mass is 288 g/mol. The van der Waals surface area contributed by atoms with Crippen molar-refractivity contribution in [1.82, 2.24) is 0 Å². The van der Waals surface area contributed by atoms with E-state index in [1.165, 1.54) is 0 Å². The molecule has 0 aromatic heterocycles. The van der Waals surface area contributed by atoms with Crippen LogP contribution < -0.4 is 10.6 Å². The van der Waals surface area contributed by atoms with Crippen molar-refractivity contribution in [3.63, 3.8) is 0 Å². The third-order valence-electron chi connectivity index (χ3n) is 3.16. The van der Waals surface area contributed by atoms with Crippen LogP contribution in [0.3, 0.4) is 0 Å². The molecule has 0 N–H and O–H groups in total. The first-order chi connectivity index (χ1) is 9.56. The van der Waals surface area contributed by atoms with Gasteiger partial charge in [0.25, 0.3) is 7.37 Å². The highest BCUT2D eigenvalue weighted by Gasteiger charge is 2.28. The van der Waals surface area contributed by atoms with E-state index in [0.29, 0.717) is 6.61 Å². The van der Waals surface area contributed by atoms with Crippen LogP contribution in [0.1, 0.15) is 24.5 Å². The summed E-state index contributed by atoms with van der Waals surface area (Å²) in [6, 6.07) is 15.6. The van der Waals surface area contributed by atoms with Crippen molar-refractivity contribution in [1.29, 1.82) is 0 Å². The molecule has 0 amide bonds. The van der Waals surface area contributed by atoms with Crippen molar-refractivity contribution < 1.29 is 9.09 Å². The van der Waals surface area contributed by atoms with E-state index in [1.54, 1.807) is 0 Å². The smallest absolute Gasteiger partial charge is 0.261 e. The van der Waals surface area contributed by atoms with Crippen molar-refractivity contribution in [3.8, 4) is 0 Å². The van der Waals surface area contributed by atoms with E-state index in [-0.39, 0.29) is 0 Å². The molecule has 2 nitrogen and oxygen atoms in total. The van der Waals surface area contributed by atoms with Gasteiger partial charge < -0.3 is 4.52 Å². The zero-order chi connectivity index (χ0) is 14.6. The molecular weight excluding hydrogens is 267 g/mol. The highest BCUT2D eigenvalue weighted by Crippen LogP contribution is 2.44. The molecule has 0 radical (unpaired) electrons. The minimum atomic E-state index is -2.99. The van der Waals surface area contributed by atoms with Crippen LogP contribution in [0.5, 0.6) is 0 Å². The quantitative estimate of drug-likeness (QED) is 0.778. The fraction of sp³-hybridized carbons (Fsp3) is 0.294. The minimum absolute atomic E-state index is 0.499. The summed E-state index contributed by atoms with van der Waals surface area (Å²) in [6.45, 7) is 6.53. The highest BCUT2D eigenvalue weighted by atomic mass is 31.2. The molecule has 0 saturated heterocycles. The number of benzene rings is 2. The molecule has 106 valence electrons. The van der Waals surface area contributed by atoms with Gasteiger partial charge in [0.1, 0.15) is 0 Å². The fourth-order valence-corrected chi connectivity index (χ4v) is 4.49. The summed E-state index contributed by atoms with van der Waals surface area (Å²) in [5.74, 6) is 0. The lowest BCUT2D eigenvalue weighted by Crippen LogP contribution is -2.19. The summed E-state index contributed by atoms with van der Waals surface area (Å²) >= 11 is 0.